The lowest BCUT2D eigenvalue weighted by molar-refractivity contribution is 0.0524. The molecular weight excluding hydrogens is 260 g/mol. The first kappa shape index (κ1) is 13.8. The Morgan fingerprint density at radius 3 is 2.50 bits per heavy atom. The third kappa shape index (κ3) is 2.40. The van der Waals surface area contributed by atoms with E-state index in [1.165, 1.54) is 7.05 Å². The molecule has 0 amide bonds. The molecule has 0 aliphatic heterocycles. The largest absolute Gasteiger partial charge is 0.462 e. The second-order valence-electron chi connectivity index (χ2n) is 4.13. The van der Waals surface area contributed by atoms with Gasteiger partial charge in [0.15, 0.2) is 0 Å². The molecule has 0 radical (unpaired) electrons. The summed E-state index contributed by atoms with van der Waals surface area (Å²) in [6.07, 6.45) is 0. The van der Waals surface area contributed by atoms with Crippen molar-refractivity contribution in [2.45, 2.75) is 6.92 Å². The molecule has 0 saturated carbocycles. The number of ether oxygens (including phenoxy) is 1. The second-order valence-corrected chi connectivity index (χ2v) is 4.13. The molecule has 6 heteroatoms. The number of aromatic nitrogens is 2. The van der Waals surface area contributed by atoms with E-state index in [1.807, 2.05) is 0 Å². The van der Waals surface area contributed by atoms with Gasteiger partial charge in [0, 0.05) is 7.05 Å². The zero-order valence-corrected chi connectivity index (χ0v) is 11.2. The third-order valence-electron chi connectivity index (χ3n) is 2.85. The minimum Gasteiger partial charge on any atom is -0.462 e. The summed E-state index contributed by atoms with van der Waals surface area (Å²) in [7, 11) is 1.30. The van der Waals surface area contributed by atoms with Crippen LogP contribution in [0.15, 0.2) is 39.9 Å². The van der Waals surface area contributed by atoms with Gasteiger partial charge in [0.25, 0.3) is 5.56 Å². The summed E-state index contributed by atoms with van der Waals surface area (Å²) < 4.78 is 5.74. The fraction of sp³-hybridized carbons (Fsp3) is 0.214. The number of carbonyl (C=O) groups excluding carboxylic acids is 1. The average molecular weight is 274 g/mol. The smallest absolute Gasteiger partial charge is 0.345 e. The first-order chi connectivity index (χ1) is 9.56. The summed E-state index contributed by atoms with van der Waals surface area (Å²) in [5, 5.41) is 0. The van der Waals surface area contributed by atoms with Gasteiger partial charge in [-0.3, -0.25) is 9.36 Å². The fourth-order valence-electron chi connectivity index (χ4n) is 1.83. The number of rotatable bonds is 3. The van der Waals surface area contributed by atoms with Crippen molar-refractivity contribution in [2.75, 3.05) is 6.61 Å². The molecule has 1 aromatic carbocycles. The Balaban J connectivity index is 2.77. The standard InChI is InChI=1S/C14H14N2O4/c1-3-20-13(18)10-11(9-7-5-4-6-8-9)15-14(19)16(2)12(10)17/h4-8H,3H2,1-2H3,(H,15,19). The zero-order chi connectivity index (χ0) is 14.7. The van der Waals surface area contributed by atoms with E-state index >= 15 is 0 Å². The second kappa shape index (κ2) is 5.56. The first-order valence-corrected chi connectivity index (χ1v) is 6.12. The van der Waals surface area contributed by atoms with Crippen LogP contribution in [-0.2, 0) is 11.8 Å². The first-order valence-electron chi connectivity index (χ1n) is 6.12. The van der Waals surface area contributed by atoms with E-state index in [9.17, 15) is 14.4 Å². The molecule has 104 valence electrons. The molecule has 0 atom stereocenters. The molecule has 0 aliphatic carbocycles. The maximum Gasteiger partial charge on any atom is 0.345 e. The molecule has 1 aromatic heterocycles. The monoisotopic (exact) mass is 274 g/mol. The zero-order valence-electron chi connectivity index (χ0n) is 11.2. The summed E-state index contributed by atoms with van der Waals surface area (Å²) in [4.78, 5) is 38.4. The molecule has 0 saturated heterocycles. The summed E-state index contributed by atoms with van der Waals surface area (Å²) >= 11 is 0. The lowest BCUT2D eigenvalue weighted by Gasteiger charge is -2.09. The van der Waals surface area contributed by atoms with Gasteiger partial charge in [-0.25, -0.2) is 9.59 Å². The Hall–Kier alpha value is -2.63. The highest BCUT2D eigenvalue weighted by atomic mass is 16.5. The van der Waals surface area contributed by atoms with Gasteiger partial charge in [0.05, 0.1) is 12.3 Å². The summed E-state index contributed by atoms with van der Waals surface area (Å²) in [5.74, 6) is -0.747. The highest BCUT2D eigenvalue weighted by molar-refractivity contribution is 5.95. The summed E-state index contributed by atoms with van der Waals surface area (Å²) in [6.45, 7) is 1.80. The molecule has 0 aliphatic rings. The van der Waals surface area contributed by atoms with Crippen LogP contribution >= 0.6 is 0 Å². The van der Waals surface area contributed by atoms with Crippen LogP contribution in [0.5, 0.6) is 0 Å². The van der Waals surface area contributed by atoms with E-state index in [0.717, 1.165) is 4.57 Å². The minimum atomic E-state index is -0.747. The van der Waals surface area contributed by atoms with Gasteiger partial charge >= 0.3 is 11.7 Å². The summed E-state index contributed by atoms with van der Waals surface area (Å²) in [5.41, 5.74) is -0.671. The molecular formula is C14H14N2O4. The van der Waals surface area contributed by atoms with Crippen LogP contribution < -0.4 is 11.2 Å². The van der Waals surface area contributed by atoms with E-state index in [0.29, 0.717) is 5.56 Å². The molecule has 1 N–H and O–H groups in total. The van der Waals surface area contributed by atoms with E-state index in [4.69, 9.17) is 4.74 Å². The van der Waals surface area contributed by atoms with Gasteiger partial charge in [-0.1, -0.05) is 30.3 Å². The Kier molecular flexibility index (Phi) is 3.84. The van der Waals surface area contributed by atoms with Crippen molar-refractivity contribution >= 4 is 5.97 Å². The van der Waals surface area contributed by atoms with Crippen LogP contribution in [0.25, 0.3) is 11.3 Å². The molecule has 2 rings (SSSR count). The normalized spacial score (nSPS) is 10.3. The van der Waals surface area contributed by atoms with Crippen LogP contribution in [0.1, 0.15) is 17.3 Å². The van der Waals surface area contributed by atoms with Crippen molar-refractivity contribution in [1.29, 1.82) is 0 Å². The Morgan fingerprint density at radius 1 is 1.25 bits per heavy atom. The van der Waals surface area contributed by atoms with E-state index in [-0.39, 0.29) is 17.9 Å². The maximum atomic E-state index is 12.1. The lowest BCUT2D eigenvalue weighted by atomic mass is 10.1. The number of H-pyrrole nitrogens is 1. The van der Waals surface area contributed by atoms with Crippen LogP contribution in [0, 0.1) is 0 Å². The number of hydrogen-bond donors (Lipinski definition) is 1. The maximum absolute atomic E-state index is 12.1. The fourth-order valence-corrected chi connectivity index (χ4v) is 1.83. The number of hydrogen-bond acceptors (Lipinski definition) is 4. The molecule has 20 heavy (non-hydrogen) atoms. The third-order valence-corrected chi connectivity index (χ3v) is 2.85. The van der Waals surface area contributed by atoms with Crippen molar-refractivity contribution in [3.05, 3.63) is 56.7 Å². The van der Waals surface area contributed by atoms with Crippen molar-refractivity contribution in [2.24, 2.45) is 7.05 Å². The highest BCUT2D eigenvalue weighted by Crippen LogP contribution is 2.18. The Morgan fingerprint density at radius 2 is 1.90 bits per heavy atom. The number of carbonyl (C=O) groups is 1. The minimum absolute atomic E-state index is 0.148. The van der Waals surface area contributed by atoms with E-state index in [2.05, 4.69) is 4.98 Å². The molecule has 0 unspecified atom stereocenters. The van der Waals surface area contributed by atoms with Gasteiger partial charge in [-0.15, -0.1) is 0 Å². The van der Waals surface area contributed by atoms with Crippen LogP contribution in [0.2, 0.25) is 0 Å². The molecule has 0 spiro atoms. The number of nitrogens with one attached hydrogen (secondary N) is 1. The highest BCUT2D eigenvalue weighted by Gasteiger charge is 2.21. The van der Waals surface area contributed by atoms with E-state index < -0.39 is 17.2 Å². The van der Waals surface area contributed by atoms with Gasteiger partial charge < -0.3 is 9.72 Å². The Bertz CT molecular complexity index is 744. The SMILES string of the molecule is CCOC(=O)c1c(-c2ccccc2)[nH]c(=O)n(C)c1=O. The number of benzene rings is 1. The van der Waals surface area contributed by atoms with Gasteiger partial charge in [-0.2, -0.15) is 0 Å². The van der Waals surface area contributed by atoms with E-state index in [1.54, 1.807) is 37.3 Å². The predicted octanol–water partition coefficient (Wildman–Crippen LogP) is 0.917. The molecule has 0 bridgehead atoms. The van der Waals surface area contributed by atoms with Crippen molar-refractivity contribution < 1.29 is 9.53 Å². The molecule has 2 aromatic rings. The molecule has 0 fully saturated rings. The van der Waals surface area contributed by atoms with Crippen molar-refractivity contribution in [3.8, 4) is 11.3 Å². The van der Waals surface area contributed by atoms with Crippen molar-refractivity contribution in [3.63, 3.8) is 0 Å². The molecule has 1 heterocycles. The number of aromatic amines is 1. The quantitative estimate of drug-likeness (QED) is 0.844. The van der Waals surface area contributed by atoms with Crippen LogP contribution in [-0.4, -0.2) is 22.1 Å². The Labute approximate surface area is 114 Å². The average Bonchev–Trinajstić information content (AvgIpc) is 2.45. The lowest BCUT2D eigenvalue weighted by Crippen LogP contribution is -2.37. The number of esters is 1. The van der Waals surface area contributed by atoms with Crippen LogP contribution in [0.3, 0.4) is 0 Å². The van der Waals surface area contributed by atoms with Gasteiger partial charge in [0.2, 0.25) is 0 Å². The topological polar surface area (TPSA) is 81.2 Å². The van der Waals surface area contributed by atoms with Crippen LogP contribution in [0.4, 0.5) is 0 Å². The van der Waals surface area contributed by atoms with Crippen molar-refractivity contribution in [1.82, 2.24) is 9.55 Å². The van der Waals surface area contributed by atoms with Gasteiger partial charge in [0.1, 0.15) is 5.56 Å². The molecule has 6 nitrogen and oxygen atoms in total. The summed E-state index contributed by atoms with van der Waals surface area (Å²) in [6, 6.07) is 8.70. The van der Waals surface area contributed by atoms with Gasteiger partial charge in [-0.05, 0) is 12.5 Å². The predicted molar refractivity (Wildman–Crippen MR) is 73.7 cm³/mol. The number of nitrogens with zero attached hydrogens (tertiary/aromatic N) is 1.